The number of thiazole rings is 1. The number of rotatable bonds is 4. The second-order valence-electron chi connectivity index (χ2n) is 5.32. The van der Waals surface area contributed by atoms with Crippen molar-refractivity contribution in [3.63, 3.8) is 0 Å². The highest BCUT2D eigenvalue weighted by Gasteiger charge is 2.36. The lowest BCUT2D eigenvalue weighted by Gasteiger charge is -2.22. The molecule has 1 aliphatic rings. The Labute approximate surface area is 132 Å². The molecule has 0 N–H and O–H groups in total. The number of carbonyl (C=O) groups excluding carboxylic acids is 1. The van der Waals surface area contributed by atoms with Gasteiger partial charge in [0.05, 0.1) is 11.4 Å². The van der Waals surface area contributed by atoms with Gasteiger partial charge in [0.15, 0.2) is 5.13 Å². The van der Waals surface area contributed by atoms with E-state index in [-0.39, 0.29) is 0 Å². The molecule has 1 aromatic carbocycles. The van der Waals surface area contributed by atoms with Gasteiger partial charge in [-0.2, -0.15) is 0 Å². The summed E-state index contributed by atoms with van der Waals surface area (Å²) in [6.07, 6.45) is 2.66. The fraction of sp³-hybridized carbons (Fsp3) is 0.333. The Balaban J connectivity index is 1.80. The van der Waals surface area contributed by atoms with Crippen LogP contribution in [-0.2, 0) is 9.53 Å². The first-order valence-electron chi connectivity index (χ1n) is 6.68. The zero-order valence-electron chi connectivity index (χ0n) is 11.6. The molecule has 0 radical (unpaired) electrons. The number of benzene rings is 1. The first-order valence-corrected chi connectivity index (χ1v) is 7.88. The second-order valence-corrected chi connectivity index (χ2v) is 6.74. The quantitative estimate of drug-likeness (QED) is 0.807. The van der Waals surface area contributed by atoms with Crippen LogP contribution in [0.4, 0.5) is 5.13 Å². The molecule has 21 heavy (non-hydrogen) atoms. The van der Waals surface area contributed by atoms with Crippen LogP contribution in [0.3, 0.4) is 0 Å². The first kappa shape index (κ1) is 14.4. The van der Waals surface area contributed by atoms with Crippen molar-refractivity contribution in [1.82, 2.24) is 4.98 Å². The summed E-state index contributed by atoms with van der Waals surface area (Å²) in [4.78, 5) is 18.2. The molecule has 1 unspecified atom stereocenters. The van der Waals surface area contributed by atoms with E-state index < -0.39 is 5.60 Å². The predicted molar refractivity (Wildman–Crippen MR) is 84.9 cm³/mol. The van der Waals surface area contributed by atoms with Crippen molar-refractivity contribution < 1.29 is 9.53 Å². The molecule has 4 nitrogen and oxygen atoms in total. The number of halogens is 1. The van der Waals surface area contributed by atoms with Crippen LogP contribution in [0.2, 0.25) is 5.02 Å². The van der Waals surface area contributed by atoms with Crippen molar-refractivity contribution in [2.75, 3.05) is 18.0 Å². The van der Waals surface area contributed by atoms with E-state index in [4.69, 9.17) is 16.3 Å². The van der Waals surface area contributed by atoms with E-state index in [9.17, 15) is 4.79 Å². The van der Waals surface area contributed by atoms with Crippen LogP contribution < -0.4 is 4.90 Å². The van der Waals surface area contributed by atoms with Gasteiger partial charge in [0, 0.05) is 29.7 Å². The molecule has 1 fully saturated rings. The molecule has 0 saturated carbocycles. The minimum absolute atomic E-state index is 0.419. The van der Waals surface area contributed by atoms with Gasteiger partial charge in [-0.15, -0.1) is 0 Å². The average molecular weight is 323 g/mol. The van der Waals surface area contributed by atoms with E-state index in [2.05, 4.69) is 9.88 Å². The molecular weight excluding hydrogens is 308 g/mol. The SMILES string of the molecule is CC1(OC=O)CCN(c2ncc(-c3ccccc3Cl)s2)C1. The van der Waals surface area contributed by atoms with Gasteiger partial charge in [0.2, 0.25) is 0 Å². The van der Waals surface area contributed by atoms with E-state index in [1.165, 1.54) is 0 Å². The maximum Gasteiger partial charge on any atom is 0.293 e. The minimum Gasteiger partial charge on any atom is -0.460 e. The molecule has 2 heterocycles. The fourth-order valence-corrected chi connectivity index (χ4v) is 3.78. The van der Waals surface area contributed by atoms with Crippen molar-refractivity contribution >= 4 is 34.5 Å². The number of hydrogen-bond donors (Lipinski definition) is 0. The molecule has 0 amide bonds. The van der Waals surface area contributed by atoms with Crippen molar-refractivity contribution in [3.05, 3.63) is 35.5 Å². The zero-order chi connectivity index (χ0) is 14.9. The van der Waals surface area contributed by atoms with E-state index in [0.717, 1.165) is 33.6 Å². The summed E-state index contributed by atoms with van der Waals surface area (Å²) >= 11 is 7.82. The van der Waals surface area contributed by atoms with Gasteiger partial charge in [-0.25, -0.2) is 4.98 Å². The normalized spacial score (nSPS) is 21.5. The van der Waals surface area contributed by atoms with Gasteiger partial charge in [0.25, 0.3) is 6.47 Å². The maximum atomic E-state index is 10.6. The zero-order valence-corrected chi connectivity index (χ0v) is 13.2. The monoisotopic (exact) mass is 322 g/mol. The van der Waals surface area contributed by atoms with Crippen molar-refractivity contribution in [2.45, 2.75) is 18.9 Å². The summed E-state index contributed by atoms with van der Waals surface area (Å²) in [5.41, 5.74) is 0.576. The van der Waals surface area contributed by atoms with E-state index in [1.807, 2.05) is 37.4 Å². The number of nitrogens with zero attached hydrogens (tertiary/aromatic N) is 2. The molecule has 1 aromatic heterocycles. The molecule has 1 atom stereocenters. The Morgan fingerprint density at radius 3 is 3.05 bits per heavy atom. The third-order valence-corrected chi connectivity index (χ3v) is 5.09. The van der Waals surface area contributed by atoms with Crippen LogP contribution in [0.15, 0.2) is 30.5 Å². The largest absolute Gasteiger partial charge is 0.460 e. The van der Waals surface area contributed by atoms with Gasteiger partial charge >= 0.3 is 0 Å². The molecule has 3 rings (SSSR count). The number of ether oxygens (including phenoxy) is 1. The molecule has 110 valence electrons. The summed E-state index contributed by atoms with van der Waals surface area (Å²) in [5, 5.41) is 1.66. The van der Waals surface area contributed by atoms with Gasteiger partial charge in [-0.3, -0.25) is 4.79 Å². The Bertz CT molecular complexity index is 661. The molecule has 1 aliphatic heterocycles. The number of anilines is 1. The number of aromatic nitrogens is 1. The lowest BCUT2D eigenvalue weighted by molar-refractivity contribution is -0.139. The average Bonchev–Trinajstić information content (AvgIpc) is 3.07. The van der Waals surface area contributed by atoms with Crippen molar-refractivity contribution in [2.24, 2.45) is 0 Å². The van der Waals surface area contributed by atoms with Crippen LogP contribution in [0.25, 0.3) is 10.4 Å². The van der Waals surface area contributed by atoms with Gasteiger partial charge < -0.3 is 9.64 Å². The van der Waals surface area contributed by atoms with Crippen LogP contribution >= 0.6 is 22.9 Å². The fourth-order valence-electron chi connectivity index (χ4n) is 2.51. The Kier molecular flexibility index (Phi) is 3.87. The number of carbonyl (C=O) groups is 1. The van der Waals surface area contributed by atoms with Crippen LogP contribution in [-0.4, -0.2) is 30.1 Å². The topological polar surface area (TPSA) is 42.4 Å². The van der Waals surface area contributed by atoms with Crippen LogP contribution in [0.1, 0.15) is 13.3 Å². The van der Waals surface area contributed by atoms with Crippen molar-refractivity contribution in [3.8, 4) is 10.4 Å². The summed E-state index contributed by atoms with van der Waals surface area (Å²) in [5.74, 6) is 0. The Morgan fingerprint density at radius 1 is 1.48 bits per heavy atom. The van der Waals surface area contributed by atoms with Gasteiger partial charge in [-0.05, 0) is 13.0 Å². The maximum absolute atomic E-state index is 10.6. The highest BCUT2D eigenvalue weighted by atomic mass is 35.5. The highest BCUT2D eigenvalue weighted by Crippen LogP contribution is 2.37. The second kappa shape index (κ2) is 5.66. The molecule has 0 spiro atoms. The molecular formula is C15H15ClN2O2S. The Morgan fingerprint density at radius 2 is 2.29 bits per heavy atom. The standard InChI is InChI=1S/C15H15ClN2O2S/c1-15(20-10-19)6-7-18(9-15)14-17-8-13(21-14)11-4-2-3-5-12(11)16/h2-5,8,10H,6-7,9H2,1H3. The summed E-state index contributed by atoms with van der Waals surface area (Å²) < 4.78 is 5.19. The Hall–Kier alpha value is -1.59. The molecule has 6 heteroatoms. The van der Waals surface area contributed by atoms with Gasteiger partial charge in [-0.1, -0.05) is 41.1 Å². The lowest BCUT2D eigenvalue weighted by atomic mass is 10.1. The third kappa shape index (κ3) is 2.89. The number of hydrogen-bond acceptors (Lipinski definition) is 5. The van der Waals surface area contributed by atoms with E-state index >= 15 is 0 Å². The predicted octanol–water partition coefficient (Wildman–Crippen LogP) is 3.61. The summed E-state index contributed by atoms with van der Waals surface area (Å²) in [6, 6.07) is 7.74. The summed E-state index contributed by atoms with van der Waals surface area (Å²) in [6.45, 7) is 3.98. The third-order valence-electron chi connectivity index (χ3n) is 3.67. The van der Waals surface area contributed by atoms with Crippen LogP contribution in [0, 0.1) is 0 Å². The lowest BCUT2D eigenvalue weighted by Crippen LogP contribution is -2.32. The highest BCUT2D eigenvalue weighted by molar-refractivity contribution is 7.19. The summed E-state index contributed by atoms with van der Waals surface area (Å²) in [7, 11) is 0. The van der Waals surface area contributed by atoms with Crippen molar-refractivity contribution in [1.29, 1.82) is 0 Å². The molecule has 1 saturated heterocycles. The molecule has 0 aliphatic carbocycles. The minimum atomic E-state index is -0.419. The molecule has 0 bridgehead atoms. The van der Waals surface area contributed by atoms with E-state index in [1.54, 1.807) is 11.3 Å². The first-order chi connectivity index (χ1) is 10.1. The van der Waals surface area contributed by atoms with Crippen LogP contribution in [0.5, 0.6) is 0 Å². The van der Waals surface area contributed by atoms with Gasteiger partial charge in [0.1, 0.15) is 5.60 Å². The van der Waals surface area contributed by atoms with E-state index in [0.29, 0.717) is 13.0 Å². The molecule has 2 aromatic rings. The smallest absolute Gasteiger partial charge is 0.293 e.